The monoisotopic (exact) mass is 395 g/mol. The van der Waals surface area contributed by atoms with Gasteiger partial charge >= 0.3 is 0 Å². The van der Waals surface area contributed by atoms with Gasteiger partial charge in [0, 0.05) is 16.6 Å². The molecule has 0 aliphatic heterocycles. The molecule has 0 radical (unpaired) electrons. The van der Waals surface area contributed by atoms with Crippen LogP contribution >= 0.6 is 15.9 Å². The van der Waals surface area contributed by atoms with Crippen molar-refractivity contribution in [3.63, 3.8) is 0 Å². The first kappa shape index (κ1) is 17.2. The number of halogens is 1. The third kappa shape index (κ3) is 4.67. The zero-order valence-electron chi connectivity index (χ0n) is 13.8. The lowest BCUT2D eigenvalue weighted by Crippen LogP contribution is -2.12. The number of hydrogen-bond donors (Lipinski definition) is 2. The lowest BCUT2D eigenvalue weighted by molar-refractivity contribution is 0.102. The molecule has 3 rings (SSSR count). The second kappa shape index (κ2) is 7.94. The number of aryl methyl sites for hydroxylation is 1. The van der Waals surface area contributed by atoms with Crippen molar-refractivity contribution in [2.75, 3.05) is 10.6 Å². The van der Waals surface area contributed by atoms with Gasteiger partial charge in [-0.15, -0.1) is 0 Å². The van der Waals surface area contributed by atoms with Crippen LogP contribution in [0.15, 0.2) is 71.3 Å². The van der Waals surface area contributed by atoms with Crippen LogP contribution in [-0.4, -0.2) is 10.9 Å². The minimum atomic E-state index is -0.157. The summed E-state index contributed by atoms with van der Waals surface area (Å²) >= 11 is 3.36. The molecule has 0 atom stereocenters. The maximum absolute atomic E-state index is 12.2. The molecule has 1 amide bonds. The number of rotatable bonds is 5. The quantitative estimate of drug-likeness (QED) is 0.637. The predicted molar refractivity (Wildman–Crippen MR) is 105 cm³/mol. The van der Waals surface area contributed by atoms with Gasteiger partial charge in [-0.2, -0.15) is 0 Å². The van der Waals surface area contributed by atoms with Crippen LogP contribution in [0, 0.1) is 6.92 Å². The van der Waals surface area contributed by atoms with E-state index in [4.69, 9.17) is 0 Å². The predicted octanol–water partition coefficient (Wildman–Crippen LogP) is 5.02. The SMILES string of the molecule is Cc1ccccc1CNc1ccc(NC(=O)c2ccc(Br)cc2)cn1. The number of hydrogen-bond acceptors (Lipinski definition) is 3. The number of benzene rings is 2. The van der Waals surface area contributed by atoms with Crippen LogP contribution in [0.25, 0.3) is 0 Å². The van der Waals surface area contributed by atoms with Crippen LogP contribution in [0.1, 0.15) is 21.5 Å². The van der Waals surface area contributed by atoms with E-state index >= 15 is 0 Å². The highest BCUT2D eigenvalue weighted by molar-refractivity contribution is 9.10. The Hall–Kier alpha value is -2.66. The summed E-state index contributed by atoms with van der Waals surface area (Å²) in [4.78, 5) is 16.5. The smallest absolute Gasteiger partial charge is 0.255 e. The number of carbonyl (C=O) groups excluding carboxylic acids is 1. The Morgan fingerprint density at radius 3 is 2.48 bits per heavy atom. The van der Waals surface area contributed by atoms with Gasteiger partial charge in [-0.05, 0) is 54.4 Å². The molecule has 1 heterocycles. The molecule has 3 aromatic rings. The molecular weight excluding hydrogens is 378 g/mol. The molecule has 0 unspecified atom stereocenters. The average molecular weight is 396 g/mol. The van der Waals surface area contributed by atoms with Gasteiger partial charge in [0.1, 0.15) is 5.82 Å². The topological polar surface area (TPSA) is 54.0 Å². The molecular formula is C20H18BrN3O. The van der Waals surface area contributed by atoms with E-state index < -0.39 is 0 Å². The normalized spacial score (nSPS) is 10.3. The van der Waals surface area contributed by atoms with E-state index in [1.165, 1.54) is 11.1 Å². The molecule has 2 aromatic carbocycles. The van der Waals surface area contributed by atoms with Gasteiger partial charge in [0.15, 0.2) is 0 Å². The second-order valence-electron chi connectivity index (χ2n) is 5.67. The number of nitrogens with one attached hydrogen (secondary N) is 2. The van der Waals surface area contributed by atoms with Crippen LogP contribution in [-0.2, 0) is 6.54 Å². The zero-order valence-corrected chi connectivity index (χ0v) is 15.4. The van der Waals surface area contributed by atoms with Crippen molar-refractivity contribution in [2.45, 2.75) is 13.5 Å². The summed E-state index contributed by atoms with van der Waals surface area (Å²) in [7, 11) is 0. The Balaban J connectivity index is 1.59. The van der Waals surface area contributed by atoms with Crippen molar-refractivity contribution in [2.24, 2.45) is 0 Å². The van der Waals surface area contributed by atoms with Crippen LogP contribution in [0.3, 0.4) is 0 Å². The minimum absolute atomic E-state index is 0.157. The first-order valence-electron chi connectivity index (χ1n) is 7.93. The summed E-state index contributed by atoms with van der Waals surface area (Å²) in [5.74, 6) is 0.611. The van der Waals surface area contributed by atoms with Gasteiger partial charge < -0.3 is 10.6 Å². The Bertz CT molecular complexity index is 861. The third-order valence-corrected chi connectivity index (χ3v) is 4.38. The number of aromatic nitrogens is 1. The van der Waals surface area contributed by atoms with E-state index in [0.717, 1.165) is 10.3 Å². The maximum atomic E-state index is 12.2. The van der Waals surface area contributed by atoms with Crippen molar-refractivity contribution in [3.05, 3.63) is 88.0 Å². The Morgan fingerprint density at radius 1 is 1.04 bits per heavy atom. The highest BCUT2D eigenvalue weighted by Gasteiger charge is 2.06. The molecule has 0 fully saturated rings. The molecule has 5 heteroatoms. The number of pyridine rings is 1. The van der Waals surface area contributed by atoms with Crippen molar-refractivity contribution in [3.8, 4) is 0 Å². The summed E-state index contributed by atoms with van der Waals surface area (Å²) in [6, 6.07) is 19.1. The molecule has 0 spiro atoms. The Labute approximate surface area is 155 Å². The lowest BCUT2D eigenvalue weighted by atomic mass is 10.1. The van der Waals surface area contributed by atoms with E-state index in [-0.39, 0.29) is 5.91 Å². The van der Waals surface area contributed by atoms with Gasteiger partial charge in [0.05, 0.1) is 11.9 Å². The molecule has 0 aliphatic carbocycles. The first-order valence-corrected chi connectivity index (χ1v) is 8.72. The molecule has 4 nitrogen and oxygen atoms in total. The minimum Gasteiger partial charge on any atom is -0.366 e. The largest absolute Gasteiger partial charge is 0.366 e. The van der Waals surface area contributed by atoms with Crippen LogP contribution in [0.4, 0.5) is 11.5 Å². The van der Waals surface area contributed by atoms with Crippen molar-refractivity contribution < 1.29 is 4.79 Å². The number of carbonyl (C=O) groups is 1. The molecule has 0 aliphatic rings. The van der Waals surface area contributed by atoms with Crippen molar-refractivity contribution >= 4 is 33.3 Å². The molecule has 25 heavy (non-hydrogen) atoms. The Morgan fingerprint density at radius 2 is 1.80 bits per heavy atom. The molecule has 0 saturated heterocycles. The van der Waals surface area contributed by atoms with Gasteiger partial charge in [-0.1, -0.05) is 40.2 Å². The summed E-state index contributed by atoms with van der Waals surface area (Å²) in [5.41, 5.74) is 3.74. The standard InChI is InChI=1S/C20H18BrN3O/c1-14-4-2-3-5-16(14)12-22-19-11-10-18(13-23-19)24-20(25)15-6-8-17(21)9-7-15/h2-11,13H,12H2,1H3,(H,22,23)(H,24,25). The van der Waals surface area contributed by atoms with Crippen molar-refractivity contribution in [1.82, 2.24) is 4.98 Å². The third-order valence-electron chi connectivity index (χ3n) is 3.85. The maximum Gasteiger partial charge on any atom is 0.255 e. The van der Waals surface area contributed by atoms with Gasteiger partial charge in [0.2, 0.25) is 0 Å². The number of amides is 1. The van der Waals surface area contributed by atoms with E-state index in [1.807, 2.05) is 36.4 Å². The summed E-state index contributed by atoms with van der Waals surface area (Å²) in [5, 5.41) is 6.13. The number of nitrogens with zero attached hydrogens (tertiary/aromatic N) is 1. The fourth-order valence-corrected chi connectivity index (χ4v) is 2.64. The summed E-state index contributed by atoms with van der Waals surface area (Å²) < 4.78 is 0.940. The van der Waals surface area contributed by atoms with Crippen LogP contribution in [0.5, 0.6) is 0 Å². The van der Waals surface area contributed by atoms with Gasteiger partial charge in [-0.3, -0.25) is 4.79 Å². The van der Waals surface area contributed by atoms with E-state index in [1.54, 1.807) is 18.3 Å². The molecule has 2 N–H and O–H groups in total. The van der Waals surface area contributed by atoms with Gasteiger partial charge in [0.25, 0.3) is 5.91 Å². The number of anilines is 2. The Kier molecular flexibility index (Phi) is 5.46. The molecule has 0 bridgehead atoms. The lowest BCUT2D eigenvalue weighted by Gasteiger charge is -2.09. The van der Waals surface area contributed by atoms with Crippen LogP contribution in [0.2, 0.25) is 0 Å². The van der Waals surface area contributed by atoms with Gasteiger partial charge in [-0.25, -0.2) is 4.98 Å². The zero-order chi connectivity index (χ0) is 17.6. The highest BCUT2D eigenvalue weighted by atomic mass is 79.9. The molecule has 126 valence electrons. The second-order valence-corrected chi connectivity index (χ2v) is 6.59. The average Bonchev–Trinajstić information content (AvgIpc) is 2.63. The fraction of sp³-hybridized carbons (Fsp3) is 0.100. The highest BCUT2D eigenvalue weighted by Crippen LogP contribution is 2.15. The van der Waals surface area contributed by atoms with E-state index in [0.29, 0.717) is 17.8 Å². The van der Waals surface area contributed by atoms with Crippen LogP contribution < -0.4 is 10.6 Å². The first-order chi connectivity index (χ1) is 12.1. The van der Waals surface area contributed by atoms with E-state index in [9.17, 15) is 4.79 Å². The van der Waals surface area contributed by atoms with E-state index in [2.05, 4.69) is 50.6 Å². The summed E-state index contributed by atoms with van der Waals surface area (Å²) in [6.45, 7) is 2.80. The molecule has 1 aromatic heterocycles. The van der Waals surface area contributed by atoms with Crippen molar-refractivity contribution in [1.29, 1.82) is 0 Å². The fourth-order valence-electron chi connectivity index (χ4n) is 2.37. The summed E-state index contributed by atoms with van der Waals surface area (Å²) in [6.07, 6.45) is 1.65. The molecule has 0 saturated carbocycles.